The van der Waals surface area contributed by atoms with E-state index in [0.29, 0.717) is 0 Å². The van der Waals surface area contributed by atoms with E-state index in [2.05, 4.69) is 14.8 Å². The predicted octanol–water partition coefficient (Wildman–Crippen LogP) is -1.83. The molecule has 0 radical (unpaired) electrons. The second kappa shape index (κ2) is 7.10. The fraction of sp³-hybridized carbons (Fsp3) is 0.714. The summed E-state index contributed by atoms with van der Waals surface area (Å²) in [6.45, 7) is 0.350. The second-order valence-electron chi connectivity index (χ2n) is 2.52. The third kappa shape index (κ3) is 6.21. The third-order valence-electron chi connectivity index (χ3n) is 1.33. The van der Waals surface area contributed by atoms with Crippen LogP contribution in [-0.4, -0.2) is 44.9 Å². The maximum absolute atomic E-state index is 11.1. The smallest absolute Gasteiger partial charge is 0.404 e. The van der Waals surface area contributed by atoms with Crippen LogP contribution in [0.25, 0.3) is 0 Å². The molecular formula is C7H15N3O4. The Labute approximate surface area is 81.7 Å². The van der Waals surface area contributed by atoms with Crippen molar-refractivity contribution in [2.75, 3.05) is 26.9 Å². The molecule has 0 fully saturated rings. The van der Waals surface area contributed by atoms with Crippen molar-refractivity contribution in [2.24, 2.45) is 11.5 Å². The van der Waals surface area contributed by atoms with E-state index in [1.54, 1.807) is 0 Å². The van der Waals surface area contributed by atoms with Gasteiger partial charge in [-0.3, -0.25) is 4.79 Å². The molecule has 0 aliphatic rings. The molecule has 0 saturated carbocycles. The summed E-state index contributed by atoms with van der Waals surface area (Å²) in [5.41, 5.74) is 10.1. The summed E-state index contributed by atoms with van der Waals surface area (Å²) in [4.78, 5) is 21.2. The topological polar surface area (TPSA) is 117 Å². The zero-order valence-corrected chi connectivity index (χ0v) is 7.99. The number of nitrogens with one attached hydrogen (secondary N) is 1. The van der Waals surface area contributed by atoms with Gasteiger partial charge in [-0.25, -0.2) is 4.79 Å². The van der Waals surface area contributed by atoms with Crippen LogP contribution in [0.4, 0.5) is 4.79 Å². The molecule has 0 aromatic rings. The van der Waals surface area contributed by atoms with Crippen LogP contribution in [0.2, 0.25) is 0 Å². The Bertz CT molecular complexity index is 197. The first kappa shape index (κ1) is 12.7. The number of primary amides is 1. The highest BCUT2D eigenvalue weighted by molar-refractivity contribution is 5.81. The number of carbonyl (C=O) groups is 2. The SMILES string of the molecule is COCC(N)C(=O)NCCOC(N)=O. The number of carbonyl (C=O) groups excluding carboxylic acids is 2. The quantitative estimate of drug-likeness (QED) is 0.441. The maximum atomic E-state index is 11.1. The van der Waals surface area contributed by atoms with E-state index >= 15 is 0 Å². The van der Waals surface area contributed by atoms with Crippen molar-refractivity contribution in [2.45, 2.75) is 6.04 Å². The molecule has 0 bridgehead atoms. The molecular weight excluding hydrogens is 190 g/mol. The summed E-state index contributed by atoms with van der Waals surface area (Å²) in [6, 6.07) is -0.714. The fourth-order valence-corrected chi connectivity index (χ4v) is 0.712. The van der Waals surface area contributed by atoms with Gasteiger partial charge in [0.15, 0.2) is 0 Å². The molecule has 0 heterocycles. The van der Waals surface area contributed by atoms with Crippen molar-refractivity contribution in [1.82, 2.24) is 5.32 Å². The summed E-state index contributed by atoms with van der Waals surface area (Å²) in [5, 5.41) is 2.45. The number of methoxy groups -OCH3 is 1. The highest BCUT2D eigenvalue weighted by Gasteiger charge is 2.11. The van der Waals surface area contributed by atoms with Gasteiger partial charge in [0.25, 0.3) is 0 Å². The van der Waals surface area contributed by atoms with Gasteiger partial charge in [-0.05, 0) is 0 Å². The molecule has 7 nitrogen and oxygen atoms in total. The summed E-state index contributed by atoms with van der Waals surface area (Å²) in [5.74, 6) is -0.361. The van der Waals surface area contributed by atoms with Crippen molar-refractivity contribution < 1.29 is 19.1 Å². The molecule has 0 saturated heterocycles. The van der Waals surface area contributed by atoms with Crippen LogP contribution in [0.5, 0.6) is 0 Å². The van der Waals surface area contributed by atoms with Gasteiger partial charge in [-0.1, -0.05) is 0 Å². The summed E-state index contributed by atoms with van der Waals surface area (Å²) < 4.78 is 9.06. The monoisotopic (exact) mass is 205 g/mol. The van der Waals surface area contributed by atoms with Gasteiger partial charge in [0, 0.05) is 7.11 Å². The van der Waals surface area contributed by atoms with Gasteiger partial charge in [0.05, 0.1) is 13.2 Å². The second-order valence-corrected chi connectivity index (χ2v) is 2.52. The fourth-order valence-electron chi connectivity index (χ4n) is 0.712. The molecule has 0 aliphatic heterocycles. The van der Waals surface area contributed by atoms with Gasteiger partial charge < -0.3 is 26.3 Å². The minimum atomic E-state index is -0.875. The first-order valence-electron chi connectivity index (χ1n) is 4.02. The lowest BCUT2D eigenvalue weighted by Gasteiger charge is -2.10. The average Bonchev–Trinajstić information content (AvgIpc) is 2.12. The molecule has 0 aromatic heterocycles. The molecule has 2 amide bonds. The van der Waals surface area contributed by atoms with Crippen LogP contribution >= 0.6 is 0 Å². The van der Waals surface area contributed by atoms with E-state index in [1.807, 2.05) is 0 Å². The van der Waals surface area contributed by atoms with Crippen molar-refractivity contribution in [3.63, 3.8) is 0 Å². The minimum absolute atomic E-state index is 0.0285. The highest BCUT2D eigenvalue weighted by Crippen LogP contribution is 1.80. The molecule has 7 heteroatoms. The zero-order chi connectivity index (χ0) is 11.0. The van der Waals surface area contributed by atoms with Crippen molar-refractivity contribution in [3.05, 3.63) is 0 Å². The van der Waals surface area contributed by atoms with Gasteiger partial charge in [0.1, 0.15) is 12.6 Å². The molecule has 0 rings (SSSR count). The number of rotatable bonds is 6. The molecule has 5 N–H and O–H groups in total. The van der Waals surface area contributed by atoms with Gasteiger partial charge in [0.2, 0.25) is 5.91 Å². The van der Waals surface area contributed by atoms with E-state index in [-0.39, 0.29) is 25.7 Å². The van der Waals surface area contributed by atoms with Gasteiger partial charge in [-0.2, -0.15) is 0 Å². The summed E-state index contributed by atoms with van der Waals surface area (Å²) in [7, 11) is 1.45. The van der Waals surface area contributed by atoms with E-state index < -0.39 is 12.1 Å². The Hall–Kier alpha value is -1.34. The van der Waals surface area contributed by atoms with Crippen molar-refractivity contribution in [3.8, 4) is 0 Å². The summed E-state index contributed by atoms with van der Waals surface area (Å²) in [6.07, 6.45) is -0.875. The van der Waals surface area contributed by atoms with Crippen LogP contribution in [0.15, 0.2) is 0 Å². The lowest BCUT2D eigenvalue weighted by atomic mass is 10.3. The number of nitrogens with two attached hydrogens (primary N) is 2. The Morgan fingerprint density at radius 1 is 1.50 bits per heavy atom. The highest BCUT2D eigenvalue weighted by atomic mass is 16.5. The molecule has 14 heavy (non-hydrogen) atoms. The number of ether oxygens (including phenoxy) is 2. The molecule has 1 unspecified atom stereocenters. The molecule has 0 aromatic carbocycles. The first-order valence-corrected chi connectivity index (χ1v) is 4.02. The maximum Gasteiger partial charge on any atom is 0.404 e. The predicted molar refractivity (Wildman–Crippen MR) is 48.4 cm³/mol. The number of hydrogen-bond acceptors (Lipinski definition) is 5. The Morgan fingerprint density at radius 2 is 2.14 bits per heavy atom. The van der Waals surface area contributed by atoms with E-state index in [1.165, 1.54) is 7.11 Å². The van der Waals surface area contributed by atoms with Crippen molar-refractivity contribution >= 4 is 12.0 Å². The molecule has 1 atom stereocenters. The Balaban J connectivity index is 3.48. The summed E-state index contributed by atoms with van der Waals surface area (Å²) >= 11 is 0. The number of hydrogen-bond donors (Lipinski definition) is 3. The lowest BCUT2D eigenvalue weighted by Crippen LogP contribution is -2.44. The van der Waals surface area contributed by atoms with Crippen LogP contribution in [-0.2, 0) is 14.3 Å². The van der Waals surface area contributed by atoms with Gasteiger partial charge in [-0.15, -0.1) is 0 Å². The largest absolute Gasteiger partial charge is 0.448 e. The van der Waals surface area contributed by atoms with E-state index in [9.17, 15) is 9.59 Å². The first-order chi connectivity index (χ1) is 6.57. The number of amides is 2. The normalized spacial score (nSPS) is 11.9. The molecule has 0 spiro atoms. The van der Waals surface area contributed by atoms with Crippen LogP contribution in [0.3, 0.4) is 0 Å². The standard InChI is InChI=1S/C7H15N3O4/c1-13-4-5(8)6(11)10-2-3-14-7(9)12/h5H,2-4,8H2,1H3,(H2,9,12)(H,10,11). The minimum Gasteiger partial charge on any atom is -0.448 e. The lowest BCUT2D eigenvalue weighted by molar-refractivity contribution is -0.123. The van der Waals surface area contributed by atoms with Crippen molar-refractivity contribution in [1.29, 1.82) is 0 Å². The third-order valence-corrected chi connectivity index (χ3v) is 1.33. The zero-order valence-electron chi connectivity index (χ0n) is 7.99. The Morgan fingerprint density at radius 3 is 2.64 bits per heavy atom. The average molecular weight is 205 g/mol. The van der Waals surface area contributed by atoms with E-state index in [0.717, 1.165) is 0 Å². The molecule has 82 valence electrons. The van der Waals surface area contributed by atoms with Crippen LogP contribution in [0.1, 0.15) is 0 Å². The van der Waals surface area contributed by atoms with E-state index in [4.69, 9.17) is 11.5 Å². The Kier molecular flexibility index (Phi) is 6.42. The van der Waals surface area contributed by atoms with Crippen LogP contribution in [0, 0.1) is 0 Å². The van der Waals surface area contributed by atoms with Gasteiger partial charge >= 0.3 is 6.09 Å². The molecule has 0 aliphatic carbocycles. The van der Waals surface area contributed by atoms with Crippen LogP contribution < -0.4 is 16.8 Å².